The van der Waals surface area contributed by atoms with Crippen molar-refractivity contribution in [3.8, 4) is 11.8 Å². The second-order valence-electron chi connectivity index (χ2n) is 9.22. The molecule has 0 atom stereocenters. The third kappa shape index (κ3) is 11.5. The highest BCUT2D eigenvalue weighted by molar-refractivity contribution is 5.85. The third-order valence-corrected chi connectivity index (χ3v) is 6.35. The van der Waals surface area contributed by atoms with Crippen molar-refractivity contribution in [1.82, 2.24) is 9.80 Å². The van der Waals surface area contributed by atoms with Gasteiger partial charge < -0.3 is 0 Å². The molecule has 0 fully saturated rings. The fraction of sp³-hybridized carbons (Fsp3) is 0.235. The first-order valence-corrected chi connectivity index (χ1v) is 12.9. The average Bonchev–Trinajstić information content (AvgIpc) is 2.94. The molecular weight excluding hydrogens is 507 g/mol. The standard InChI is InChI=1S/C34H36N2.2ClH/c1-5-15-31(16-6-1)23-27-35(29-33-19-9-3-10-20-33)25-13-14-26-36(30-34-21-11-4-12-22-34)28-24-32-17-7-2-8-18-32;;/h1-12,15-22H,23-30H2;2*1H. The van der Waals surface area contributed by atoms with Gasteiger partial charge >= 0.3 is 0 Å². The molecule has 0 aliphatic rings. The van der Waals surface area contributed by atoms with Gasteiger partial charge in [0.05, 0.1) is 13.1 Å². The number of nitrogens with zero attached hydrogens (tertiary/aromatic N) is 2. The minimum absolute atomic E-state index is 0. The normalized spacial score (nSPS) is 10.3. The summed E-state index contributed by atoms with van der Waals surface area (Å²) < 4.78 is 0. The van der Waals surface area contributed by atoms with E-state index in [0.717, 1.165) is 52.1 Å². The Morgan fingerprint density at radius 3 is 1.00 bits per heavy atom. The summed E-state index contributed by atoms with van der Waals surface area (Å²) in [5.74, 6) is 6.98. The number of hydrogen-bond donors (Lipinski definition) is 0. The van der Waals surface area contributed by atoms with E-state index in [1.165, 1.54) is 22.3 Å². The van der Waals surface area contributed by atoms with E-state index in [0.29, 0.717) is 0 Å². The molecule has 4 aromatic carbocycles. The largest absolute Gasteiger partial charge is 0.288 e. The molecule has 0 bridgehead atoms. The monoisotopic (exact) mass is 544 g/mol. The van der Waals surface area contributed by atoms with E-state index < -0.39 is 0 Å². The molecule has 0 aliphatic carbocycles. The Balaban J connectivity index is 0.00000253. The molecule has 0 N–H and O–H groups in total. The zero-order valence-electron chi connectivity index (χ0n) is 21.9. The molecule has 0 amide bonds. The maximum Gasteiger partial charge on any atom is 0.0605 e. The summed E-state index contributed by atoms with van der Waals surface area (Å²) in [5.41, 5.74) is 5.42. The number of rotatable bonds is 12. The topological polar surface area (TPSA) is 6.48 Å². The van der Waals surface area contributed by atoms with Crippen LogP contribution in [-0.2, 0) is 25.9 Å². The lowest BCUT2D eigenvalue weighted by Gasteiger charge is -2.21. The fourth-order valence-corrected chi connectivity index (χ4v) is 4.31. The first-order chi connectivity index (χ1) is 17.8. The van der Waals surface area contributed by atoms with E-state index in [9.17, 15) is 0 Å². The fourth-order valence-electron chi connectivity index (χ4n) is 4.31. The van der Waals surface area contributed by atoms with Gasteiger partial charge in [-0.3, -0.25) is 9.80 Å². The lowest BCUT2D eigenvalue weighted by molar-refractivity contribution is 0.298. The zero-order chi connectivity index (χ0) is 24.7. The van der Waals surface area contributed by atoms with Crippen molar-refractivity contribution in [3.63, 3.8) is 0 Å². The summed E-state index contributed by atoms with van der Waals surface area (Å²) in [7, 11) is 0. The van der Waals surface area contributed by atoms with Gasteiger partial charge in [-0.25, -0.2) is 0 Å². The molecule has 4 rings (SSSR count). The second kappa shape index (κ2) is 18.2. The maximum absolute atomic E-state index is 3.49. The van der Waals surface area contributed by atoms with Gasteiger partial charge in [-0.15, -0.1) is 24.8 Å². The molecule has 0 heterocycles. The summed E-state index contributed by atoms with van der Waals surface area (Å²) in [4.78, 5) is 4.92. The van der Waals surface area contributed by atoms with Crippen LogP contribution in [0.25, 0.3) is 0 Å². The molecule has 4 aromatic rings. The van der Waals surface area contributed by atoms with E-state index in [1.807, 2.05) is 0 Å². The van der Waals surface area contributed by atoms with E-state index >= 15 is 0 Å². The van der Waals surface area contributed by atoms with Crippen LogP contribution in [0.4, 0.5) is 0 Å². The highest BCUT2D eigenvalue weighted by Crippen LogP contribution is 2.09. The lowest BCUT2D eigenvalue weighted by Crippen LogP contribution is -2.27. The molecule has 0 aromatic heterocycles. The van der Waals surface area contributed by atoms with Crippen LogP contribution in [-0.4, -0.2) is 36.0 Å². The quantitative estimate of drug-likeness (QED) is 0.172. The smallest absolute Gasteiger partial charge is 0.0605 e. The first-order valence-electron chi connectivity index (χ1n) is 12.9. The summed E-state index contributed by atoms with van der Waals surface area (Å²) >= 11 is 0. The molecule has 38 heavy (non-hydrogen) atoms. The summed E-state index contributed by atoms with van der Waals surface area (Å²) in [6, 6.07) is 42.9. The van der Waals surface area contributed by atoms with Crippen LogP contribution in [0.2, 0.25) is 0 Å². The van der Waals surface area contributed by atoms with Crippen molar-refractivity contribution in [2.75, 3.05) is 26.2 Å². The van der Waals surface area contributed by atoms with Gasteiger partial charge in [0.25, 0.3) is 0 Å². The van der Waals surface area contributed by atoms with Gasteiger partial charge in [-0.1, -0.05) is 133 Å². The van der Waals surface area contributed by atoms with Crippen molar-refractivity contribution >= 4 is 24.8 Å². The third-order valence-electron chi connectivity index (χ3n) is 6.35. The Hall–Kier alpha value is -3.06. The van der Waals surface area contributed by atoms with Crippen molar-refractivity contribution in [3.05, 3.63) is 144 Å². The van der Waals surface area contributed by atoms with Crippen molar-refractivity contribution in [2.24, 2.45) is 0 Å². The Bertz CT molecular complexity index is 1100. The first kappa shape index (κ1) is 31.2. The van der Waals surface area contributed by atoms with Gasteiger partial charge in [0.1, 0.15) is 0 Å². The van der Waals surface area contributed by atoms with Gasteiger partial charge in [0.15, 0.2) is 0 Å². The molecule has 0 spiro atoms. The molecule has 0 saturated carbocycles. The predicted octanol–water partition coefficient (Wildman–Crippen LogP) is 7.32. The minimum Gasteiger partial charge on any atom is -0.288 e. The number of halogens is 2. The number of hydrogen-bond acceptors (Lipinski definition) is 2. The van der Waals surface area contributed by atoms with E-state index in [4.69, 9.17) is 0 Å². The maximum atomic E-state index is 3.49. The summed E-state index contributed by atoms with van der Waals surface area (Å²) in [6.07, 6.45) is 2.07. The van der Waals surface area contributed by atoms with E-state index in [1.54, 1.807) is 0 Å². The van der Waals surface area contributed by atoms with Crippen LogP contribution in [0.1, 0.15) is 22.3 Å². The minimum atomic E-state index is 0. The van der Waals surface area contributed by atoms with Crippen LogP contribution < -0.4 is 0 Å². The molecule has 198 valence electrons. The van der Waals surface area contributed by atoms with Gasteiger partial charge in [0, 0.05) is 26.2 Å². The Kier molecular flexibility index (Phi) is 15.0. The van der Waals surface area contributed by atoms with Gasteiger partial charge in [-0.2, -0.15) is 0 Å². The molecule has 0 unspecified atom stereocenters. The zero-order valence-corrected chi connectivity index (χ0v) is 23.5. The highest BCUT2D eigenvalue weighted by atomic mass is 35.5. The van der Waals surface area contributed by atoms with Crippen molar-refractivity contribution in [1.29, 1.82) is 0 Å². The van der Waals surface area contributed by atoms with Crippen LogP contribution in [0.3, 0.4) is 0 Å². The Morgan fingerprint density at radius 1 is 0.395 bits per heavy atom. The average molecular weight is 546 g/mol. The molecule has 4 heteroatoms. The predicted molar refractivity (Wildman–Crippen MR) is 166 cm³/mol. The molecular formula is C34H38Cl2N2. The van der Waals surface area contributed by atoms with E-state index in [-0.39, 0.29) is 24.8 Å². The molecule has 0 radical (unpaired) electrons. The molecule has 0 aliphatic heterocycles. The SMILES string of the molecule is C(#CCN(CCc1ccccc1)Cc1ccccc1)CN(CCc1ccccc1)Cc1ccccc1.Cl.Cl. The Morgan fingerprint density at radius 2 is 0.684 bits per heavy atom. The van der Waals surface area contributed by atoms with Crippen molar-refractivity contribution < 1.29 is 0 Å². The van der Waals surface area contributed by atoms with Crippen LogP contribution in [0, 0.1) is 11.8 Å². The van der Waals surface area contributed by atoms with Gasteiger partial charge in [-0.05, 0) is 35.1 Å². The molecule has 0 saturated heterocycles. The second-order valence-corrected chi connectivity index (χ2v) is 9.22. The van der Waals surface area contributed by atoms with E-state index in [2.05, 4.69) is 143 Å². The highest BCUT2D eigenvalue weighted by Gasteiger charge is 2.07. The van der Waals surface area contributed by atoms with Crippen LogP contribution in [0.5, 0.6) is 0 Å². The molecule has 2 nitrogen and oxygen atoms in total. The Labute approximate surface area is 241 Å². The van der Waals surface area contributed by atoms with Crippen LogP contribution >= 0.6 is 24.8 Å². The van der Waals surface area contributed by atoms with Crippen molar-refractivity contribution in [2.45, 2.75) is 25.9 Å². The van der Waals surface area contributed by atoms with Crippen LogP contribution in [0.15, 0.2) is 121 Å². The lowest BCUT2D eigenvalue weighted by atomic mass is 10.1. The summed E-state index contributed by atoms with van der Waals surface area (Å²) in [6.45, 7) is 5.39. The van der Waals surface area contributed by atoms with Gasteiger partial charge in [0.2, 0.25) is 0 Å². The number of benzene rings is 4. The summed E-state index contributed by atoms with van der Waals surface area (Å²) in [5, 5.41) is 0.